The summed E-state index contributed by atoms with van der Waals surface area (Å²) in [4.78, 5) is 18.6. The van der Waals surface area contributed by atoms with Crippen LogP contribution >= 0.6 is 0 Å². The van der Waals surface area contributed by atoms with E-state index >= 15 is 0 Å². The van der Waals surface area contributed by atoms with E-state index < -0.39 is 0 Å². The first kappa shape index (κ1) is 17.1. The Hall–Kier alpha value is -2.72. The number of carbonyl (C=O) groups excluding carboxylic acids is 1. The highest BCUT2D eigenvalue weighted by molar-refractivity contribution is 6.06. The topological polar surface area (TPSA) is 46.4 Å². The molecule has 3 rings (SSSR count). The molecule has 1 aromatic heterocycles. The molecule has 0 saturated heterocycles. The van der Waals surface area contributed by atoms with Crippen LogP contribution in [0.1, 0.15) is 27.2 Å². The maximum absolute atomic E-state index is 12.8. The van der Waals surface area contributed by atoms with Gasteiger partial charge in [-0.3, -0.25) is 9.78 Å². The van der Waals surface area contributed by atoms with Crippen molar-refractivity contribution in [2.75, 3.05) is 14.1 Å². The molecule has 3 aromatic rings. The average Bonchev–Trinajstić information content (AvgIpc) is 2.59. The van der Waals surface area contributed by atoms with Crippen LogP contribution in [-0.2, 0) is 13.1 Å². The lowest BCUT2D eigenvalue weighted by atomic mass is 10.1. The third-order valence-electron chi connectivity index (χ3n) is 4.19. The molecule has 0 saturated carbocycles. The van der Waals surface area contributed by atoms with Gasteiger partial charge in [0.1, 0.15) is 6.54 Å². The maximum atomic E-state index is 12.8. The molecule has 2 N–H and O–H groups in total. The van der Waals surface area contributed by atoms with Crippen LogP contribution in [0.5, 0.6) is 0 Å². The molecule has 0 bridgehead atoms. The Bertz CT molecular complexity index is 903. The number of nitrogens with zero attached hydrogens (tertiary/aromatic N) is 1. The first-order valence-corrected chi connectivity index (χ1v) is 8.55. The van der Waals surface area contributed by atoms with Crippen molar-refractivity contribution >= 4 is 16.8 Å². The summed E-state index contributed by atoms with van der Waals surface area (Å²) in [6.07, 6.45) is 0. The minimum atomic E-state index is -0.0614. The maximum Gasteiger partial charge on any atom is 0.252 e. The summed E-state index contributed by atoms with van der Waals surface area (Å²) in [6, 6.07) is 17.9. The van der Waals surface area contributed by atoms with E-state index in [1.807, 2.05) is 49.4 Å². The zero-order valence-corrected chi connectivity index (χ0v) is 15.0. The standard InChI is InChI=1S/C21H23N3O/c1-15-12-19(18-10-6-7-11-20(18)23-15)21(25)22-13-16-8-4-5-9-17(16)14-24(2)3/h4-12H,13-14H2,1-3H3,(H,22,25)/p+1. The molecule has 0 aliphatic rings. The number of fused-ring (bicyclic) bond motifs is 1. The molecule has 0 atom stereocenters. The number of quaternary nitrogens is 1. The fourth-order valence-corrected chi connectivity index (χ4v) is 3.05. The van der Waals surface area contributed by atoms with Crippen molar-refractivity contribution in [1.82, 2.24) is 10.3 Å². The van der Waals surface area contributed by atoms with Crippen molar-refractivity contribution in [2.24, 2.45) is 0 Å². The van der Waals surface area contributed by atoms with E-state index in [0.29, 0.717) is 12.1 Å². The summed E-state index contributed by atoms with van der Waals surface area (Å²) < 4.78 is 0. The number of aryl methyl sites for hydroxylation is 1. The summed E-state index contributed by atoms with van der Waals surface area (Å²) in [6.45, 7) is 3.37. The quantitative estimate of drug-likeness (QED) is 0.751. The van der Waals surface area contributed by atoms with Gasteiger partial charge in [0.15, 0.2) is 0 Å². The number of aromatic nitrogens is 1. The van der Waals surface area contributed by atoms with Gasteiger partial charge >= 0.3 is 0 Å². The summed E-state index contributed by atoms with van der Waals surface area (Å²) in [5.74, 6) is -0.0614. The molecular formula is C21H24N3O+. The van der Waals surface area contributed by atoms with E-state index in [4.69, 9.17) is 0 Å². The van der Waals surface area contributed by atoms with Crippen LogP contribution in [0.25, 0.3) is 10.9 Å². The predicted molar refractivity (Wildman–Crippen MR) is 101 cm³/mol. The van der Waals surface area contributed by atoms with E-state index in [0.717, 1.165) is 28.7 Å². The van der Waals surface area contributed by atoms with Gasteiger partial charge in [-0.05, 0) is 24.6 Å². The molecule has 4 nitrogen and oxygen atoms in total. The third kappa shape index (κ3) is 4.03. The van der Waals surface area contributed by atoms with E-state index in [2.05, 4.69) is 36.5 Å². The Morgan fingerprint density at radius 2 is 1.72 bits per heavy atom. The molecule has 1 heterocycles. The third-order valence-corrected chi connectivity index (χ3v) is 4.19. The SMILES string of the molecule is Cc1cc(C(=O)NCc2ccccc2C[NH+](C)C)c2ccccc2n1. The molecule has 0 unspecified atom stereocenters. The highest BCUT2D eigenvalue weighted by Gasteiger charge is 2.13. The Balaban J connectivity index is 1.83. The number of amides is 1. The summed E-state index contributed by atoms with van der Waals surface area (Å²) in [5, 5.41) is 3.96. The zero-order valence-electron chi connectivity index (χ0n) is 15.0. The first-order chi connectivity index (χ1) is 12.0. The molecule has 0 aliphatic carbocycles. The van der Waals surface area contributed by atoms with Crippen molar-refractivity contribution in [3.8, 4) is 0 Å². The number of benzene rings is 2. The van der Waals surface area contributed by atoms with Crippen molar-refractivity contribution in [1.29, 1.82) is 0 Å². The largest absolute Gasteiger partial charge is 0.348 e. The summed E-state index contributed by atoms with van der Waals surface area (Å²) in [5.41, 5.74) is 4.80. The average molecular weight is 334 g/mol. The normalized spacial score (nSPS) is 11.0. The minimum absolute atomic E-state index is 0.0614. The molecule has 128 valence electrons. The Morgan fingerprint density at radius 1 is 1.04 bits per heavy atom. The van der Waals surface area contributed by atoms with Gasteiger partial charge in [0.05, 0.1) is 25.2 Å². The highest BCUT2D eigenvalue weighted by atomic mass is 16.1. The van der Waals surface area contributed by atoms with Gasteiger partial charge in [-0.15, -0.1) is 0 Å². The fraction of sp³-hybridized carbons (Fsp3) is 0.238. The molecule has 2 aromatic carbocycles. The molecular weight excluding hydrogens is 310 g/mol. The zero-order chi connectivity index (χ0) is 17.8. The van der Waals surface area contributed by atoms with Gasteiger partial charge in [0, 0.05) is 23.2 Å². The van der Waals surface area contributed by atoms with Crippen LogP contribution in [0.15, 0.2) is 54.6 Å². The number of hydrogen-bond acceptors (Lipinski definition) is 2. The predicted octanol–water partition coefficient (Wildman–Crippen LogP) is 2.12. The number of nitrogens with one attached hydrogen (secondary N) is 2. The number of rotatable bonds is 5. The highest BCUT2D eigenvalue weighted by Crippen LogP contribution is 2.18. The van der Waals surface area contributed by atoms with Crippen LogP contribution in [0.2, 0.25) is 0 Å². The van der Waals surface area contributed by atoms with E-state index in [1.54, 1.807) is 0 Å². The lowest BCUT2D eigenvalue weighted by molar-refractivity contribution is -0.872. The minimum Gasteiger partial charge on any atom is -0.348 e. The lowest BCUT2D eigenvalue weighted by Crippen LogP contribution is -3.04. The van der Waals surface area contributed by atoms with Crippen LogP contribution < -0.4 is 10.2 Å². The smallest absolute Gasteiger partial charge is 0.252 e. The number of pyridine rings is 1. The second-order valence-electron chi connectivity index (χ2n) is 6.66. The number of carbonyl (C=O) groups is 1. The Morgan fingerprint density at radius 3 is 2.48 bits per heavy atom. The van der Waals surface area contributed by atoms with Crippen LogP contribution in [0, 0.1) is 6.92 Å². The van der Waals surface area contributed by atoms with Crippen molar-refractivity contribution in [3.63, 3.8) is 0 Å². The molecule has 4 heteroatoms. The number of para-hydroxylation sites is 1. The van der Waals surface area contributed by atoms with Crippen molar-refractivity contribution in [2.45, 2.75) is 20.0 Å². The monoisotopic (exact) mass is 334 g/mol. The van der Waals surface area contributed by atoms with Crippen LogP contribution in [0.3, 0.4) is 0 Å². The van der Waals surface area contributed by atoms with Gasteiger partial charge in [0.2, 0.25) is 0 Å². The van der Waals surface area contributed by atoms with E-state index in [1.165, 1.54) is 10.5 Å². The molecule has 25 heavy (non-hydrogen) atoms. The van der Waals surface area contributed by atoms with Crippen LogP contribution in [0.4, 0.5) is 0 Å². The Labute approximate surface area is 148 Å². The van der Waals surface area contributed by atoms with Gasteiger partial charge in [-0.25, -0.2) is 0 Å². The van der Waals surface area contributed by atoms with E-state index in [9.17, 15) is 4.79 Å². The second kappa shape index (κ2) is 7.45. The first-order valence-electron chi connectivity index (χ1n) is 8.55. The van der Waals surface area contributed by atoms with Crippen LogP contribution in [-0.4, -0.2) is 25.0 Å². The van der Waals surface area contributed by atoms with Gasteiger partial charge in [-0.1, -0.05) is 42.5 Å². The van der Waals surface area contributed by atoms with Gasteiger partial charge in [0.25, 0.3) is 5.91 Å². The lowest BCUT2D eigenvalue weighted by Gasteiger charge is -2.13. The summed E-state index contributed by atoms with van der Waals surface area (Å²) >= 11 is 0. The molecule has 0 aliphatic heterocycles. The second-order valence-corrected chi connectivity index (χ2v) is 6.66. The van der Waals surface area contributed by atoms with Crippen molar-refractivity contribution < 1.29 is 9.69 Å². The molecule has 0 fully saturated rings. The van der Waals surface area contributed by atoms with Gasteiger partial charge < -0.3 is 10.2 Å². The molecule has 1 amide bonds. The number of hydrogen-bond donors (Lipinski definition) is 2. The van der Waals surface area contributed by atoms with Gasteiger partial charge in [-0.2, -0.15) is 0 Å². The Kier molecular flexibility index (Phi) is 5.10. The summed E-state index contributed by atoms with van der Waals surface area (Å²) in [7, 11) is 4.25. The van der Waals surface area contributed by atoms with Crippen molar-refractivity contribution in [3.05, 3.63) is 77.0 Å². The fourth-order valence-electron chi connectivity index (χ4n) is 3.05. The molecule has 0 spiro atoms. The van der Waals surface area contributed by atoms with E-state index in [-0.39, 0.29) is 5.91 Å². The molecule has 0 radical (unpaired) electrons.